The number of hydrogen-bond donors (Lipinski definition) is 7. The van der Waals surface area contributed by atoms with Crippen LogP contribution in [0.2, 0.25) is 0 Å². The second-order valence-corrected chi connectivity index (χ2v) is 14.2. The van der Waals surface area contributed by atoms with E-state index in [2.05, 4.69) is 21.3 Å². The Kier molecular flexibility index (Phi) is 22.9. The lowest BCUT2D eigenvalue weighted by molar-refractivity contribution is -0.727. The first kappa shape index (κ1) is 52.1. The number of amides is 4. The molecule has 7 N–H and O–H groups in total. The minimum Gasteiger partial charge on any atom is -1.00 e. The SMILES string of the molecule is CCC[C@H](NC(=O)c1cc[n+](COC(=O)N[C@@H](C)Cc2ccccc2)cc1)C(=O)O.C[C@@H](Cc1ccccc1)NC(=O)OC[n+]1ccc(C(=O)N[C@@H](CCC(=O)O)C(=O)O)cc1.[Cl-]. The van der Waals surface area contributed by atoms with Gasteiger partial charge in [0.1, 0.15) is 12.1 Å². The van der Waals surface area contributed by atoms with Crippen LogP contribution < -0.4 is 42.8 Å². The van der Waals surface area contributed by atoms with Crippen molar-refractivity contribution in [3.63, 3.8) is 0 Å². The molecule has 2 aromatic heterocycles. The Balaban J connectivity index is 0.000000428. The van der Waals surface area contributed by atoms with E-state index in [0.29, 0.717) is 31.2 Å². The molecule has 0 spiro atoms. The number of hydrogen-bond acceptors (Lipinski definition) is 9. The van der Waals surface area contributed by atoms with E-state index < -0.39 is 54.0 Å². The third-order valence-electron chi connectivity index (χ3n) is 8.93. The molecular formula is C44H54ClN6O12+. The fourth-order valence-corrected chi connectivity index (χ4v) is 5.73. The van der Waals surface area contributed by atoms with Crippen molar-refractivity contribution in [3.8, 4) is 0 Å². The molecule has 4 rings (SSSR count). The van der Waals surface area contributed by atoms with Gasteiger partial charge in [0.15, 0.2) is 24.8 Å². The van der Waals surface area contributed by atoms with Gasteiger partial charge in [-0.15, -0.1) is 0 Å². The number of carbonyl (C=O) groups excluding carboxylic acids is 4. The summed E-state index contributed by atoms with van der Waals surface area (Å²) in [5.41, 5.74) is 2.73. The average molecular weight is 894 g/mol. The van der Waals surface area contributed by atoms with Crippen LogP contribution in [0, 0.1) is 0 Å². The van der Waals surface area contributed by atoms with Gasteiger partial charge in [-0.1, -0.05) is 74.0 Å². The molecule has 0 saturated heterocycles. The molecule has 338 valence electrons. The number of carboxylic acid groups (broad SMARTS) is 3. The minimum atomic E-state index is -1.31. The van der Waals surface area contributed by atoms with Gasteiger partial charge in [-0.25, -0.2) is 19.2 Å². The van der Waals surface area contributed by atoms with E-state index in [1.165, 1.54) is 29.1 Å². The van der Waals surface area contributed by atoms with Gasteiger partial charge in [0.05, 0.1) is 11.1 Å². The number of aromatic nitrogens is 2. The van der Waals surface area contributed by atoms with Gasteiger partial charge < -0.3 is 58.5 Å². The summed E-state index contributed by atoms with van der Waals surface area (Å²) >= 11 is 0. The predicted octanol–water partition coefficient (Wildman–Crippen LogP) is 0.613. The Labute approximate surface area is 371 Å². The highest BCUT2D eigenvalue weighted by atomic mass is 35.5. The number of benzene rings is 2. The van der Waals surface area contributed by atoms with Gasteiger partial charge in [-0.2, -0.15) is 9.13 Å². The van der Waals surface area contributed by atoms with Gasteiger partial charge in [-0.05, 0) is 50.7 Å². The van der Waals surface area contributed by atoms with Crippen LogP contribution in [-0.2, 0) is 50.2 Å². The number of nitrogens with zero attached hydrogens (tertiary/aromatic N) is 2. The van der Waals surface area contributed by atoms with E-state index in [-0.39, 0.29) is 56.4 Å². The number of pyridine rings is 2. The zero-order valence-electron chi connectivity index (χ0n) is 35.1. The van der Waals surface area contributed by atoms with Gasteiger partial charge >= 0.3 is 30.1 Å². The molecular weight excluding hydrogens is 840 g/mol. The number of carbonyl (C=O) groups is 7. The summed E-state index contributed by atoms with van der Waals surface area (Å²) in [6.45, 7) is 5.53. The smallest absolute Gasteiger partial charge is 0.412 e. The first-order chi connectivity index (χ1) is 29.6. The number of alkyl carbamates (subject to hydrolysis) is 2. The van der Waals surface area contributed by atoms with E-state index in [0.717, 1.165) is 11.1 Å². The third kappa shape index (κ3) is 20.4. The number of nitrogens with one attached hydrogen (secondary N) is 4. The van der Waals surface area contributed by atoms with Gasteiger partial charge in [-0.3, -0.25) is 14.4 Å². The van der Waals surface area contributed by atoms with Crippen molar-refractivity contribution in [2.45, 2.75) is 96.9 Å². The van der Waals surface area contributed by atoms with Gasteiger partial charge in [0.25, 0.3) is 25.3 Å². The fourth-order valence-electron chi connectivity index (χ4n) is 5.73. The van der Waals surface area contributed by atoms with Crippen LogP contribution in [0.15, 0.2) is 110 Å². The summed E-state index contributed by atoms with van der Waals surface area (Å²) in [6, 6.07) is 23.1. The lowest BCUT2D eigenvalue weighted by Crippen LogP contribution is -3.00. The second-order valence-electron chi connectivity index (χ2n) is 14.2. The number of aliphatic carboxylic acids is 3. The van der Waals surface area contributed by atoms with E-state index in [9.17, 15) is 33.6 Å². The maximum Gasteiger partial charge on any atom is 0.412 e. The highest BCUT2D eigenvalue weighted by molar-refractivity contribution is 5.97. The van der Waals surface area contributed by atoms with E-state index in [1.54, 1.807) is 29.1 Å². The number of carboxylic acids is 3. The molecule has 0 unspecified atom stereocenters. The van der Waals surface area contributed by atoms with Crippen molar-refractivity contribution in [1.29, 1.82) is 0 Å². The minimum absolute atomic E-state index is 0. The second kappa shape index (κ2) is 27.7. The Morgan fingerprint density at radius 3 is 1.25 bits per heavy atom. The fraction of sp³-hybridized carbons (Fsp3) is 0.341. The standard InChI is InChI=1S/C22H25N3O7.C22H27N3O5.ClH/c1-15(13-16-5-3-2-4-6-16)23-22(31)32-14-25-11-9-17(10-12-25)20(28)24-18(21(29)30)7-8-19(26)27;1-3-7-19(21(27)28)24-20(26)18-10-12-25(13-11-18)15-30-22(29)23-16(2)14-17-8-5-4-6-9-17;/h2-6,9-12,15,18H,7-8,13-14H2,1H3,(H3-,23,24,26,27,28,29,30,31);4-6,8-13,16,19H,3,7,14-15H2,1-2H3,(H2-,23,24,26,27,28,29);1H/p+1/t15-,18-;16-,19-;/m00./s1. The van der Waals surface area contributed by atoms with E-state index in [4.69, 9.17) is 24.8 Å². The Morgan fingerprint density at radius 2 is 0.921 bits per heavy atom. The summed E-state index contributed by atoms with van der Waals surface area (Å²) in [5, 5.41) is 37.3. The third-order valence-corrected chi connectivity index (χ3v) is 8.93. The largest absolute Gasteiger partial charge is 1.00 e. The molecule has 0 bridgehead atoms. The Bertz CT molecular complexity index is 2080. The molecule has 0 aliphatic heterocycles. The van der Waals surface area contributed by atoms with Crippen molar-refractivity contribution in [2.24, 2.45) is 0 Å². The molecule has 2 aromatic carbocycles. The molecule has 19 heteroatoms. The molecule has 18 nitrogen and oxygen atoms in total. The van der Waals surface area contributed by atoms with Crippen molar-refractivity contribution < 1.29 is 79.9 Å². The molecule has 0 saturated carbocycles. The first-order valence-corrected chi connectivity index (χ1v) is 19.8. The molecule has 0 aliphatic carbocycles. The van der Waals surface area contributed by atoms with Crippen LogP contribution in [0.25, 0.3) is 0 Å². The lowest BCUT2D eigenvalue weighted by atomic mass is 10.1. The summed E-state index contributed by atoms with van der Waals surface area (Å²) in [6.07, 6.45) is 6.84. The van der Waals surface area contributed by atoms with Crippen molar-refractivity contribution in [3.05, 3.63) is 132 Å². The zero-order valence-corrected chi connectivity index (χ0v) is 35.9. The van der Waals surface area contributed by atoms with Crippen LogP contribution in [0.4, 0.5) is 9.59 Å². The van der Waals surface area contributed by atoms with Crippen molar-refractivity contribution >= 4 is 41.9 Å². The number of halogens is 1. The quantitative estimate of drug-likeness (QED) is 0.0569. The van der Waals surface area contributed by atoms with Crippen LogP contribution in [-0.4, -0.2) is 81.4 Å². The highest BCUT2D eigenvalue weighted by Gasteiger charge is 2.23. The summed E-state index contributed by atoms with van der Waals surface area (Å²) in [5.74, 6) is -4.63. The van der Waals surface area contributed by atoms with Gasteiger partial charge in [0, 0.05) is 42.8 Å². The Morgan fingerprint density at radius 1 is 0.556 bits per heavy atom. The average Bonchev–Trinajstić information content (AvgIpc) is 3.24. The zero-order chi connectivity index (χ0) is 45.4. The topological polar surface area (TPSA) is 255 Å². The molecule has 4 atom stereocenters. The van der Waals surface area contributed by atoms with Crippen LogP contribution in [0.3, 0.4) is 0 Å². The molecule has 4 aromatic rings. The van der Waals surface area contributed by atoms with Crippen molar-refractivity contribution in [2.75, 3.05) is 0 Å². The molecule has 0 aliphatic rings. The molecule has 0 fully saturated rings. The normalized spacial score (nSPS) is 12.2. The van der Waals surface area contributed by atoms with Crippen molar-refractivity contribution in [1.82, 2.24) is 21.3 Å². The summed E-state index contributed by atoms with van der Waals surface area (Å²) < 4.78 is 13.5. The highest BCUT2D eigenvalue weighted by Crippen LogP contribution is 2.06. The first-order valence-electron chi connectivity index (χ1n) is 19.8. The molecule has 0 radical (unpaired) electrons. The summed E-state index contributed by atoms with van der Waals surface area (Å²) in [4.78, 5) is 81.4. The Hall–Kier alpha value is -7.08. The van der Waals surface area contributed by atoms with Crippen LogP contribution >= 0.6 is 0 Å². The number of rotatable bonds is 21. The van der Waals surface area contributed by atoms with Gasteiger partial charge in [0.2, 0.25) is 0 Å². The van der Waals surface area contributed by atoms with Crippen LogP contribution in [0.5, 0.6) is 0 Å². The van der Waals surface area contributed by atoms with E-state index in [1.807, 2.05) is 81.4 Å². The maximum absolute atomic E-state index is 12.2. The lowest BCUT2D eigenvalue weighted by Gasteiger charge is -2.13. The van der Waals surface area contributed by atoms with Crippen LogP contribution in [0.1, 0.15) is 78.3 Å². The predicted molar refractivity (Wildman–Crippen MR) is 221 cm³/mol. The molecule has 4 amide bonds. The monoisotopic (exact) mass is 893 g/mol. The maximum atomic E-state index is 12.2. The van der Waals surface area contributed by atoms with E-state index >= 15 is 0 Å². The molecule has 2 heterocycles. The number of ether oxygens (including phenoxy) is 2. The molecule has 63 heavy (non-hydrogen) atoms. The summed E-state index contributed by atoms with van der Waals surface area (Å²) in [7, 11) is 0.